The first-order valence-corrected chi connectivity index (χ1v) is 7.26. The van der Waals surface area contributed by atoms with Crippen molar-refractivity contribution >= 4 is 27.6 Å². The van der Waals surface area contributed by atoms with Gasteiger partial charge >= 0.3 is 5.97 Å². The van der Waals surface area contributed by atoms with Crippen LogP contribution in [0.15, 0.2) is 23.1 Å². The quantitative estimate of drug-likeness (QED) is 0.814. The van der Waals surface area contributed by atoms with Gasteiger partial charge in [0.2, 0.25) is 10.0 Å². The van der Waals surface area contributed by atoms with Crippen LogP contribution in [0.3, 0.4) is 0 Å². The fraction of sp³-hybridized carbons (Fsp3) is 0.364. The van der Waals surface area contributed by atoms with Gasteiger partial charge in [0.05, 0.1) is 10.6 Å². The van der Waals surface area contributed by atoms with Crippen molar-refractivity contribution in [3.63, 3.8) is 0 Å². The topological polar surface area (TPSA) is 86.7 Å². The summed E-state index contributed by atoms with van der Waals surface area (Å²) in [6.07, 6.45) is 0. The minimum atomic E-state index is -3.80. The molecule has 0 aliphatic carbocycles. The average Bonchev–Trinajstić information content (AvgIpc) is 2.35. The lowest BCUT2D eigenvalue weighted by atomic mass is 10.2. The van der Waals surface area contributed by atoms with Crippen LogP contribution in [0.25, 0.3) is 0 Å². The fourth-order valence-electron chi connectivity index (χ4n) is 1.39. The van der Waals surface area contributed by atoms with Crippen molar-refractivity contribution in [3.05, 3.63) is 28.8 Å². The van der Waals surface area contributed by atoms with Gasteiger partial charge in [-0.05, 0) is 25.2 Å². The molecule has 0 atom stereocenters. The largest absolute Gasteiger partial charge is 0.478 e. The van der Waals surface area contributed by atoms with Gasteiger partial charge in [0.15, 0.2) is 0 Å². The SMILES string of the molecule is CNCCN(C)S(=O)(=O)c1cc(C(=O)O)ccc1Cl. The molecule has 1 aromatic carbocycles. The van der Waals surface area contributed by atoms with E-state index in [1.54, 1.807) is 7.05 Å². The summed E-state index contributed by atoms with van der Waals surface area (Å²) in [6.45, 7) is 0.735. The number of carboxylic acid groups (broad SMARTS) is 1. The van der Waals surface area contributed by atoms with Crippen molar-refractivity contribution in [3.8, 4) is 0 Å². The van der Waals surface area contributed by atoms with Gasteiger partial charge in [-0.3, -0.25) is 0 Å². The van der Waals surface area contributed by atoms with Crippen molar-refractivity contribution in [1.29, 1.82) is 0 Å². The second kappa shape index (κ2) is 6.33. The molecule has 0 amide bonds. The Labute approximate surface area is 117 Å². The smallest absolute Gasteiger partial charge is 0.335 e. The van der Waals surface area contributed by atoms with Gasteiger partial charge in [-0.25, -0.2) is 13.2 Å². The van der Waals surface area contributed by atoms with Crippen molar-refractivity contribution in [2.75, 3.05) is 27.2 Å². The van der Waals surface area contributed by atoms with E-state index in [2.05, 4.69) is 5.32 Å². The molecule has 2 N–H and O–H groups in total. The zero-order chi connectivity index (χ0) is 14.6. The summed E-state index contributed by atoms with van der Waals surface area (Å²) in [5, 5.41) is 11.7. The molecular weight excluding hydrogens is 292 g/mol. The van der Waals surface area contributed by atoms with Gasteiger partial charge in [0, 0.05) is 20.1 Å². The van der Waals surface area contributed by atoms with Crippen LogP contribution in [-0.4, -0.2) is 51.0 Å². The van der Waals surface area contributed by atoms with Gasteiger partial charge < -0.3 is 10.4 Å². The van der Waals surface area contributed by atoms with Crippen LogP contribution in [0.4, 0.5) is 0 Å². The predicted octanol–water partition coefficient (Wildman–Crippen LogP) is 0.878. The zero-order valence-corrected chi connectivity index (χ0v) is 12.1. The van der Waals surface area contributed by atoms with Crippen LogP contribution >= 0.6 is 11.6 Å². The maximum atomic E-state index is 12.3. The molecule has 8 heteroatoms. The molecule has 1 rings (SSSR count). The van der Waals surface area contributed by atoms with E-state index in [4.69, 9.17) is 16.7 Å². The van der Waals surface area contributed by atoms with Crippen LogP contribution in [0.2, 0.25) is 5.02 Å². The lowest BCUT2D eigenvalue weighted by Crippen LogP contribution is -2.33. The Morgan fingerprint density at radius 3 is 2.63 bits per heavy atom. The number of sulfonamides is 1. The zero-order valence-electron chi connectivity index (χ0n) is 10.6. The average molecular weight is 307 g/mol. The molecule has 0 saturated heterocycles. The molecule has 106 valence electrons. The highest BCUT2D eigenvalue weighted by Crippen LogP contribution is 2.25. The Morgan fingerprint density at radius 2 is 2.11 bits per heavy atom. The van der Waals surface area contributed by atoms with E-state index in [1.165, 1.54) is 19.2 Å². The number of nitrogens with one attached hydrogen (secondary N) is 1. The summed E-state index contributed by atoms with van der Waals surface area (Å²) in [7, 11) is -0.680. The monoisotopic (exact) mass is 306 g/mol. The molecule has 0 spiro atoms. The second-order valence-corrected chi connectivity index (χ2v) is 6.30. The van der Waals surface area contributed by atoms with Crippen LogP contribution in [0.1, 0.15) is 10.4 Å². The van der Waals surface area contributed by atoms with E-state index in [9.17, 15) is 13.2 Å². The molecule has 0 aliphatic heterocycles. The number of carboxylic acids is 1. The van der Waals surface area contributed by atoms with Crippen LogP contribution < -0.4 is 5.32 Å². The van der Waals surface area contributed by atoms with Gasteiger partial charge in [-0.2, -0.15) is 4.31 Å². The Morgan fingerprint density at radius 1 is 1.47 bits per heavy atom. The fourth-order valence-corrected chi connectivity index (χ4v) is 3.06. The first-order valence-electron chi connectivity index (χ1n) is 5.44. The van der Waals surface area contributed by atoms with Crippen molar-refractivity contribution in [1.82, 2.24) is 9.62 Å². The number of likely N-dealkylation sites (N-methyl/N-ethyl adjacent to an activating group) is 2. The van der Waals surface area contributed by atoms with Gasteiger partial charge in [0.1, 0.15) is 4.90 Å². The standard InChI is InChI=1S/C11H15ClN2O4S/c1-13-5-6-14(2)19(17,18)10-7-8(11(15)16)3-4-9(10)12/h3-4,7,13H,5-6H2,1-2H3,(H,15,16). The number of benzene rings is 1. The third kappa shape index (κ3) is 3.66. The minimum absolute atomic E-state index is 0.00121. The normalized spacial score (nSPS) is 11.8. The number of halogens is 1. The number of nitrogens with zero attached hydrogens (tertiary/aromatic N) is 1. The maximum absolute atomic E-state index is 12.3. The van der Waals surface area contributed by atoms with E-state index >= 15 is 0 Å². The molecule has 0 aromatic heterocycles. The number of rotatable bonds is 6. The molecule has 0 heterocycles. The van der Waals surface area contributed by atoms with Gasteiger partial charge in [-0.1, -0.05) is 11.6 Å². The third-order valence-electron chi connectivity index (χ3n) is 2.54. The van der Waals surface area contributed by atoms with Crippen LogP contribution in [-0.2, 0) is 10.0 Å². The van der Waals surface area contributed by atoms with E-state index in [0.29, 0.717) is 6.54 Å². The molecule has 0 unspecified atom stereocenters. The van der Waals surface area contributed by atoms with Crippen LogP contribution in [0, 0.1) is 0 Å². The molecule has 0 fully saturated rings. The molecule has 0 saturated carbocycles. The lowest BCUT2D eigenvalue weighted by molar-refractivity contribution is 0.0696. The number of aromatic carboxylic acids is 1. The van der Waals surface area contributed by atoms with Gasteiger partial charge in [-0.15, -0.1) is 0 Å². The first-order chi connectivity index (χ1) is 8.80. The lowest BCUT2D eigenvalue weighted by Gasteiger charge is -2.18. The highest BCUT2D eigenvalue weighted by Gasteiger charge is 2.24. The van der Waals surface area contributed by atoms with E-state index in [-0.39, 0.29) is 22.0 Å². The van der Waals surface area contributed by atoms with E-state index in [0.717, 1.165) is 10.4 Å². The molecular formula is C11H15ClN2O4S. The molecule has 6 nitrogen and oxygen atoms in total. The van der Waals surface area contributed by atoms with Crippen molar-refractivity contribution in [2.24, 2.45) is 0 Å². The van der Waals surface area contributed by atoms with E-state index in [1.807, 2.05) is 0 Å². The minimum Gasteiger partial charge on any atom is -0.478 e. The summed E-state index contributed by atoms with van der Waals surface area (Å²) >= 11 is 5.85. The second-order valence-electron chi connectivity index (χ2n) is 3.88. The third-order valence-corrected chi connectivity index (χ3v) is 4.88. The Balaban J connectivity index is 3.20. The van der Waals surface area contributed by atoms with E-state index < -0.39 is 16.0 Å². The number of hydrogen-bond donors (Lipinski definition) is 2. The number of hydrogen-bond acceptors (Lipinski definition) is 4. The maximum Gasteiger partial charge on any atom is 0.335 e. The molecule has 19 heavy (non-hydrogen) atoms. The first kappa shape index (κ1) is 15.9. The molecule has 0 bridgehead atoms. The predicted molar refractivity (Wildman–Crippen MR) is 72.2 cm³/mol. The summed E-state index contributed by atoms with van der Waals surface area (Å²) in [5.74, 6) is -1.20. The highest BCUT2D eigenvalue weighted by atomic mass is 35.5. The summed E-state index contributed by atoms with van der Waals surface area (Å²) < 4.78 is 25.6. The Hall–Kier alpha value is -1.15. The van der Waals surface area contributed by atoms with Crippen molar-refractivity contribution < 1.29 is 18.3 Å². The Kier molecular flexibility index (Phi) is 5.30. The number of carbonyl (C=O) groups is 1. The Bertz CT molecular complexity index is 574. The summed E-state index contributed by atoms with van der Waals surface area (Å²) in [5.41, 5.74) is -0.120. The van der Waals surface area contributed by atoms with Gasteiger partial charge in [0.25, 0.3) is 0 Å². The van der Waals surface area contributed by atoms with Crippen molar-refractivity contribution in [2.45, 2.75) is 4.90 Å². The highest BCUT2D eigenvalue weighted by molar-refractivity contribution is 7.89. The summed E-state index contributed by atoms with van der Waals surface area (Å²) in [6, 6.07) is 3.59. The van der Waals surface area contributed by atoms with Crippen LogP contribution in [0.5, 0.6) is 0 Å². The molecule has 1 aromatic rings. The molecule has 0 radical (unpaired) electrons. The molecule has 0 aliphatic rings. The summed E-state index contributed by atoms with van der Waals surface area (Å²) in [4.78, 5) is 10.7.